The van der Waals surface area contributed by atoms with Crippen LogP contribution in [0, 0.1) is 0 Å². The molecule has 0 bridgehead atoms. The molecule has 1 aromatic carbocycles. The highest BCUT2D eigenvalue weighted by molar-refractivity contribution is 7.89. The Balaban J connectivity index is 2.25. The van der Waals surface area contributed by atoms with Crippen molar-refractivity contribution >= 4 is 21.4 Å². The first-order valence-corrected chi connectivity index (χ1v) is 7.63. The van der Waals surface area contributed by atoms with E-state index in [0.717, 1.165) is 19.3 Å². The molecule has 7 heteroatoms. The first-order chi connectivity index (χ1) is 8.92. The predicted molar refractivity (Wildman–Crippen MR) is 74.4 cm³/mol. The Morgan fingerprint density at radius 1 is 1.42 bits per heavy atom. The van der Waals surface area contributed by atoms with E-state index in [-0.39, 0.29) is 17.0 Å². The molecule has 1 fully saturated rings. The van der Waals surface area contributed by atoms with Gasteiger partial charge in [-0.25, -0.2) is 13.1 Å². The number of aliphatic hydroxyl groups is 1. The fourth-order valence-corrected chi connectivity index (χ4v) is 2.92. The number of hydrogen-bond acceptors (Lipinski definition) is 5. The molecule has 0 amide bonds. The summed E-state index contributed by atoms with van der Waals surface area (Å²) in [5.74, 6) is 0. The fraction of sp³-hybridized carbons (Fsp3) is 0.500. The molecule has 106 valence electrons. The molecule has 2 rings (SSSR count). The van der Waals surface area contributed by atoms with Gasteiger partial charge < -0.3 is 16.2 Å². The molecule has 0 saturated heterocycles. The minimum atomic E-state index is -3.49. The summed E-state index contributed by atoms with van der Waals surface area (Å²) >= 11 is 0. The van der Waals surface area contributed by atoms with Gasteiger partial charge in [-0.1, -0.05) is 0 Å². The van der Waals surface area contributed by atoms with Gasteiger partial charge in [0.05, 0.1) is 28.4 Å². The van der Waals surface area contributed by atoms with Gasteiger partial charge in [-0.05, 0) is 44.5 Å². The number of nitrogen functional groups attached to an aromatic ring is 1. The molecule has 1 saturated carbocycles. The molecule has 0 heterocycles. The Labute approximate surface area is 113 Å². The summed E-state index contributed by atoms with van der Waals surface area (Å²) in [6.07, 6.45) is 2.85. The third-order valence-corrected chi connectivity index (χ3v) is 5.03. The number of rotatable bonds is 5. The lowest BCUT2D eigenvalue weighted by Crippen LogP contribution is -2.48. The van der Waals surface area contributed by atoms with Crippen LogP contribution in [0.3, 0.4) is 0 Å². The van der Waals surface area contributed by atoms with Crippen LogP contribution in [0.25, 0.3) is 0 Å². The van der Waals surface area contributed by atoms with Gasteiger partial charge in [-0.3, -0.25) is 0 Å². The predicted octanol–water partition coefficient (Wildman–Crippen LogP) is 0.504. The SMILES string of the molecule is CNS(=O)(=O)c1ccc(NC2(CO)CCC2)c(N)c1. The van der Waals surface area contributed by atoms with Crippen molar-refractivity contribution in [2.45, 2.75) is 29.7 Å². The molecule has 19 heavy (non-hydrogen) atoms. The average Bonchev–Trinajstić information content (AvgIpc) is 2.35. The van der Waals surface area contributed by atoms with Crippen molar-refractivity contribution in [2.24, 2.45) is 0 Å². The van der Waals surface area contributed by atoms with E-state index in [9.17, 15) is 13.5 Å². The molecule has 1 aliphatic carbocycles. The fourth-order valence-electron chi connectivity index (χ4n) is 2.15. The summed E-state index contributed by atoms with van der Waals surface area (Å²) in [7, 11) is -2.13. The maximum atomic E-state index is 11.6. The van der Waals surface area contributed by atoms with Crippen LogP contribution >= 0.6 is 0 Å². The molecule has 6 nitrogen and oxygen atoms in total. The van der Waals surface area contributed by atoms with Crippen molar-refractivity contribution in [1.82, 2.24) is 4.72 Å². The van der Waals surface area contributed by atoms with Crippen molar-refractivity contribution in [3.63, 3.8) is 0 Å². The maximum Gasteiger partial charge on any atom is 0.240 e. The van der Waals surface area contributed by atoms with Gasteiger partial charge in [0.2, 0.25) is 10.0 Å². The van der Waals surface area contributed by atoms with E-state index < -0.39 is 10.0 Å². The number of anilines is 2. The second-order valence-corrected chi connectivity index (χ2v) is 6.76. The van der Waals surface area contributed by atoms with E-state index in [1.165, 1.54) is 19.2 Å². The Morgan fingerprint density at radius 3 is 2.53 bits per heavy atom. The molecule has 0 aromatic heterocycles. The van der Waals surface area contributed by atoms with Crippen LogP contribution in [-0.2, 0) is 10.0 Å². The maximum absolute atomic E-state index is 11.6. The third kappa shape index (κ3) is 2.68. The Hall–Kier alpha value is -1.31. The lowest BCUT2D eigenvalue weighted by atomic mass is 9.77. The van der Waals surface area contributed by atoms with Gasteiger partial charge in [-0.15, -0.1) is 0 Å². The van der Waals surface area contributed by atoms with Gasteiger partial charge >= 0.3 is 0 Å². The smallest absolute Gasteiger partial charge is 0.240 e. The molecular weight excluding hydrogens is 266 g/mol. The normalized spacial score (nSPS) is 17.8. The lowest BCUT2D eigenvalue weighted by Gasteiger charge is -2.42. The Kier molecular flexibility index (Phi) is 3.71. The van der Waals surface area contributed by atoms with E-state index in [1.54, 1.807) is 6.07 Å². The monoisotopic (exact) mass is 285 g/mol. The summed E-state index contributed by atoms with van der Waals surface area (Å²) in [4.78, 5) is 0.129. The zero-order valence-corrected chi connectivity index (χ0v) is 11.6. The lowest BCUT2D eigenvalue weighted by molar-refractivity contribution is 0.144. The van der Waals surface area contributed by atoms with Crippen LogP contribution in [0.1, 0.15) is 19.3 Å². The molecule has 0 aliphatic heterocycles. The molecule has 0 unspecified atom stereocenters. The van der Waals surface area contributed by atoms with Crippen LogP contribution < -0.4 is 15.8 Å². The number of benzene rings is 1. The number of nitrogens with one attached hydrogen (secondary N) is 2. The van der Waals surface area contributed by atoms with Crippen LogP contribution in [0.15, 0.2) is 23.1 Å². The second-order valence-electron chi connectivity index (χ2n) is 4.87. The quantitative estimate of drug-likeness (QED) is 0.590. The highest BCUT2D eigenvalue weighted by Crippen LogP contribution is 2.36. The molecule has 0 radical (unpaired) electrons. The van der Waals surface area contributed by atoms with Crippen molar-refractivity contribution < 1.29 is 13.5 Å². The van der Waals surface area contributed by atoms with Crippen LogP contribution in [0.2, 0.25) is 0 Å². The van der Waals surface area contributed by atoms with Gasteiger partial charge in [0.25, 0.3) is 0 Å². The first-order valence-electron chi connectivity index (χ1n) is 6.15. The molecular formula is C12H19N3O3S. The van der Waals surface area contributed by atoms with E-state index in [4.69, 9.17) is 5.73 Å². The summed E-state index contributed by atoms with van der Waals surface area (Å²) in [6.45, 7) is 0.0446. The van der Waals surface area contributed by atoms with Gasteiger partial charge in [0.1, 0.15) is 0 Å². The molecule has 0 spiro atoms. The third-order valence-electron chi connectivity index (χ3n) is 3.62. The molecule has 5 N–H and O–H groups in total. The summed E-state index contributed by atoms with van der Waals surface area (Å²) in [6, 6.07) is 4.54. The topological polar surface area (TPSA) is 104 Å². The van der Waals surface area contributed by atoms with E-state index in [2.05, 4.69) is 10.0 Å². The van der Waals surface area contributed by atoms with Crippen molar-refractivity contribution in [2.75, 3.05) is 24.7 Å². The molecule has 0 atom stereocenters. The number of hydrogen-bond donors (Lipinski definition) is 4. The van der Waals surface area contributed by atoms with Gasteiger partial charge in [0.15, 0.2) is 0 Å². The summed E-state index contributed by atoms with van der Waals surface area (Å²) < 4.78 is 25.5. The Bertz CT molecular complexity index is 562. The zero-order valence-electron chi connectivity index (χ0n) is 10.8. The van der Waals surface area contributed by atoms with Crippen LogP contribution in [0.5, 0.6) is 0 Å². The zero-order chi connectivity index (χ0) is 14.1. The number of sulfonamides is 1. The number of aliphatic hydroxyl groups excluding tert-OH is 1. The number of nitrogens with two attached hydrogens (primary N) is 1. The van der Waals surface area contributed by atoms with E-state index >= 15 is 0 Å². The largest absolute Gasteiger partial charge is 0.397 e. The van der Waals surface area contributed by atoms with Crippen molar-refractivity contribution in [3.05, 3.63) is 18.2 Å². The van der Waals surface area contributed by atoms with Gasteiger partial charge in [-0.2, -0.15) is 0 Å². The summed E-state index contributed by atoms with van der Waals surface area (Å²) in [5.41, 5.74) is 6.58. The highest BCUT2D eigenvalue weighted by atomic mass is 32.2. The molecule has 1 aromatic rings. The molecule has 1 aliphatic rings. The minimum Gasteiger partial charge on any atom is -0.397 e. The van der Waals surface area contributed by atoms with Crippen molar-refractivity contribution in [3.8, 4) is 0 Å². The van der Waals surface area contributed by atoms with E-state index in [1.807, 2.05) is 0 Å². The average molecular weight is 285 g/mol. The summed E-state index contributed by atoms with van der Waals surface area (Å²) in [5, 5.41) is 12.6. The van der Waals surface area contributed by atoms with E-state index in [0.29, 0.717) is 11.4 Å². The van der Waals surface area contributed by atoms with Crippen LogP contribution in [0.4, 0.5) is 11.4 Å². The minimum absolute atomic E-state index is 0.0446. The highest BCUT2D eigenvalue weighted by Gasteiger charge is 2.36. The Morgan fingerprint density at radius 2 is 2.11 bits per heavy atom. The standard InChI is InChI=1S/C12H19N3O3S/c1-14-19(17,18)9-3-4-11(10(13)7-9)15-12(8-16)5-2-6-12/h3-4,7,14-16H,2,5-6,8,13H2,1H3. The second kappa shape index (κ2) is 4.99. The van der Waals surface area contributed by atoms with Gasteiger partial charge in [0, 0.05) is 0 Å². The van der Waals surface area contributed by atoms with Crippen LogP contribution in [-0.4, -0.2) is 32.7 Å². The first kappa shape index (κ1) is 14.1. The van der Waals surface area contributed by atoms with Crippen molar-refractivity contribution in [1.29, 1.82) is 0 Å².